The van der Waals surface area contributed by atoms with Crippen molar-refractivity contribution in [2.45, 2.75) is 18.9 Å². The van der Waals surface area contributed by atoms with E-state index in [1.54, 1.807) is 18.2 Å². The molecule has 2 nitrogen and oxygen atoms in total. The summed E-state index contributed by atoms with van der Waals surface area (Å²) in [5, 5.41) is 0.720. The van der Waals surface area contributed by atoms with E-state index in [1.165, 1.54) is 0 Å². The minimum atomic E-state index is -0.545. The fraction of sp³-hybridized carbons (Fsp3) is 0.300. The number of hydrogen-bond donors (Lipinski definition) is 1. The maximum absolute atomic E-state index is 6.06. The van der Waals surface area contributed by atoms with Gasteiger partial charge in [-0.1, -0.05) is 35.3 Å². The Kier molecular flexibility index (Phi) is 3.53. The molecule has 0 aliphatic rings. The minimum Gasteiger partial charge on any atom is -0.321 e. The molecule has 1 atom stereocenters. The first-order chi connectivity index (χ1) is 6.47. The van der Waals surface area contributed by atoms with E-state index in [0.29, 0.717) is 16.7 Å². The molecule has 1 unspecified atom stereocenters. The summed E-state index contributed by atoms with van der Waals surface area (Å²) in [4.78, 5) is 3.94. The zero-order valence-electron chi connectivity index (χ0n) is 7.93. The second-order valence-corrected chi connectivity index (χ2v) is 4.13. The molecule has 1 aromatic rings. The molecule has 0 spiro atoms. The second-order valence-electron chi connectivity index (χ2n) is 3.38. The first-order valence-electron chi connectivity index (χ1n) is 4.19. The summed E-state index contributed by atoms with van der Waals surface area (Å²) in [6.07, 6.45) is 2.39. The number of halogens is 2. The standard InChI is InChI=1S/C10H12Cl2N2/c1-3-6-10(2,13)7-4-5-8(11)14-9(7)12/h3-5H,1,6,13H2,2H3. The largest absolute Gasteiger partial charge is 0.321 e. The van der Waals surface area contributed by atoms with Crippen LogP contribution in [-0.2, 0) is 5.54 Å². The zero-order chi connectivity index (χ0) is 10.8. The Morgan fingerprint density at radius 1 is 1.57 bits per heavy atom. The SMILES string of the molecule is C=CCC(C)(N)c1ccc(Cl)nc1Cl. The summed E-state index contributed by atoms with van der Waals surface area (Å²) in [6, 6.07) is 3.47. The highest BCUT2D eigenvalue weighted by Crippen LogP contribution is 2.28. The molecule has 1 heterocycles. The second kappa shape index (κ2) is 4.30. The number of hydrogen-bond acceptors (Lipinski definition) is 2. The summed E-state index contributed by atoms with van der Waals surface area (Å²) >= 11 is 11.6. The maximum Gasteiger partial charge on any atom is 0.135 e. The van der Waals surface area contributed by atoms with Crippen molar-refractivity contribution in [1.82, 2.24) is 4.98 Å². The monoisotopic (exact) mass is 230 g/mol. The van der Waals surface area contributed by atoms with Crippen molar-refractivity contribution in [2.75, 3.05) is 0 Å². The van der Waals surface area contributed by atoms with Gasteiger partial charge in [-0.05, 0) is 19.4 Å². The molecule has 0 aliphatic heterocycles. The molecule has 0 aromatic carbocycles. The Morgan fingerprint density at radius 3 is 2.71 bits per heavy atom. The minimum absolute atomic E-state index is 0.351. The van der Waals surface area contributed by atoms with Gasteiger partial charge in [0.2, 0.25) is 0 Å². The van der Waals surface area contributed by atoms with Gasteiger partial charge < -0.3 is 5.73 Å². The van der Waals surface area contributed by atoms with Crippen molar-refractivity contribution < 1.29 is 0 Å². The molecular weight excluding hydrogens is 219 g/mol. The van der Waals surface area contributed by atoms with Crippen molar-refractivity contribution in [3.05, 3.63) is 40.7 Å². The average Bonchev–Trinajstić information content (AvgIpc) is 2.02. The van der Waals surface area contributed by atoms with E-state index in [2.05, 4.69) is 11.6 Å². The van der Waals surface area contributed by atoms with Crippen LogP contribution in [0.1, 0.15) is 18.9 Å². The molecule has 76 valence electrons. The van der Waals surface area contributed by atoms with Crippen LogP contribution in [0.5, 0.6) is 0 Å². The predicted octanol–water partition coefficient (Wildman–Crippen LogP) is 3.14. The first kappa shape index (κ1) is 11.5. The van der Waals surface area contributed by atoms with E-state index < -0.39 is 5.54 Å². The lowest BCUT2D eigenvalue weighted by Gasteiger charge is -2.24. The number of pyridine rings is 1. The van der Waals surface area contributed by atoms with Crippen LogP contribution in [0.3, 0.4) is 0 Å². The Hall–Kier alpha value is -0.570. The summed E-state index contributed by atoms with van der Waals surface area (Å²) < 4.78 is 0. The Bertz CT molecular complexity index is 348. The van der Waals surface area contributed by atoms with Gasteiger partial charge in [0.25, 0.3) is 0 Å². The maximum atomic E-state index is 6.06. The molecule has 0 saturated carbocycles. The summed E-state index contributed by atoms with van der Waals surface area (Å²) in [6.45, 7) is 5.53. The Morgan fingerprint density at radius 2 is 2.21 bits per heavy atom. The number of aromatic nitrogens is 1. The van der Waals surface area contributed by atoms with Crippen molar-refractivity contribution in [1.29, 1.82) is 0 Å². The number of nitrogens with zero attached hydrogens (tertiary/aromatic N) is 1. The summed E-state index contributed by atoms with van der Waals surface area (Å²) in [5.74, 6) is 0. The first-order valence-corrected chi connectivity index (χ1v) is 4.95. The van der Waals surface area contributed by atoms with Crippen LogP contribution >= 0.6 is 23.2 Å². The lowest BCUT2D eigenvalue weighted by Crippen LogP contribution is -2.32. The normalized spacial score (nSPS) is 14.9. The summed E-state index contributed by atoms with van der Waals surface area (Å²) in [5.41, 5.74) is 6.30. The molecule has 2 N–H and O–H groups in total. The van der Waals surface area contributed by atoms with Gasteiger partial charge in [0, 0.05) is 11.1 Å². The number of rotatable bonds is 3. The fourth-order valence-corrected chi connectivity index (χ4v) is 1.81. The third-order valence-corrected chi connectivity index (χ3v) is 2.50. The fourth-order valence-electron chi connectivity index (χ4n) is 1.25. The van der Waals surface area contributed by atoms with Crippen LogP contribution in [0.25, 0.3) is 0 Å². The van der Waals surface area contributed by atoms with Gasteiger partial charge in [-0.3, -0.25) is 0 Å². The van der Waals surface area contributed by atoms with Crippen LogP contribution < -0.4 is 5.73 Å². The van der Waals surface area contributed by atoms with Gasteiger partial charge in [0.05, 0.1) is 0 Å². The molecule has 0 bridgehead atoms. The van der Waals surface area contributed by atoms with Crippen LogP contribution in [-0.4, -0.2) is 4.98 Å². The van der Waals surface area contributed by atoms with E-state index in [4.69, 9.17) is 28.9 Å². The van der Waals surface area contributed by atoms with Crippen LogP contribution in [0.2, 0.25) is 10.3 Å². The molecule has 0 fully saturated rings. The molecule has 0 radical (unpaired) electrons. The topological polar surface area (TPSA) is 38.9 Å². The van der Waals surface area contributed by atoms with Crippen LogP contribution in [0.15, 0.2) is 24.8 Å². The molecule has 4 heteroatoms. The lowest BCUT2D eigenvalue weighted by atomic mass is 9.91. The Labute approximate surface area is 93.7 Å². The van der Waals surface area contributed by atoms with Crippen LogP contribution in [0, 0.1) is 0 Å². The van der Waals surface area contributed by atoms with Crippen molar-refractivity contribution in [3.8, 4) is 0 Å². The molecule has 0 saturated heterocycles. The molecule has 0 amide bonds. The highest BCUT2D eigenvalue weighted by Gasteiger charge is 2.23. The van der Waals surface area contributed by atoms with E-state index in [0.717, 1.165) is 5.56 Å². The van der Waals surface area contributed by atoms with Gasteiger partial charge in [-0.2, -0.15) is 0 Å². The number of nitrogens with two attached hydrogens (primary N) is 1. The molecular formula is C10H12Cl2N2. The predicted molar refractivity (Wildman–Crippen MR) is 60.6 cm³/mol. The van der Waals surface area contributed by atoms with E-state index >= 15 is 0 Å². The average molecular weight is 231 g/mol. The third kappa shape index (κ3) is 2.47. The highest BCUT2D eigenvalue weighted by atomic mass is 35.5. The molecule has 1 aromatic heterocycles. The third-order valence-electron chi connectivity index (χ3n) is 2.00. The van der Waals surface area contributed by atoms with Gasteiger partial charge in [-0.25, -0.2) is 4.98 Å². The van der Waals surface area contributed by atoms with E-state index in [1.807, 2.05) is 6.92 Å². The molecule has 0 aliphatic carbocycles. The van der Waals surface area contributed by atoms with E-state index in [-0.39, 0.29) is 0 Å². The zero-order valence-corrected chi connectivity index (χ0v) is 9.44. The van der Waals surface area contributed by atoms with Gasteiger partial charge in [-0.15, -0.1) is 6.58 Å². The summed E-state index contributed by atoms with van der Waals surface area (Å²) in [7, 11) is 0. The van der Waals surface area contributed by atoms with E-state index in [9.17, 15) is 0 Å². The smallest absolute Gasteiger partial charge is 0.135 e. The van der Waals surface area contributed by atoms with Crippen molar-refractivity contribution in [3.63, 3.8) is 0 Å². The quantitative estimate of drug-likeness (QED) is 0.641. The van der Waals surface area contributed by atoms with Crippen molar-refractivity contribution >= 4 is 23.2 Å². The highest BCUT2D eigenvalue weighted by molar-refractivity contribution is 6.32. The van der Waals surface area contributed by atoms with Gasteiger partial charge in [0.1, 0.15) is 10.3 Å². The van der Waals surface area contributed by atoms with Gasteiger partial charge >= 0.3 is 0 Å². The molecule has 1 rings (SSSR count). The lowest BCUT2D eigenvalue weighted by molar-refractivity contribution is 0.501. The van der Waals surface area contributed by atoms with Gasteiger partial charge in [0.15, 0.2) is 0 Å². The molecule has 14 heavy (non-hydrogen) atoms. The van der Waals surface area contributed by atoms with Crippen LogP contribution in [0.4, 0.5) is 0 Å². The Balaban J connectivity index is 3.12. The van der Waals surface area contributed by atoms with Crippen molar-refractivity contribution in [2.24, 2.45) is 5.73 Å².